The van der Waals surface area contributed by atoms with Crippen LogP contribution in [0.2, 0.25) is 0 Å². The monoisotopic (exact) mass is 414 g/mol. The number of amides is 1. The van der Waals surface area contributed by atoms with Crippen LogP contribution in [0.5, 0.6) is 0 Å². The maximum absolute atomic E-state index is 13.0. The average Bonchev–Trinajstić information content (AvgIpc) is 3.07. The van der Waals surface area contributed by atoms with Gasteiger partial charge in [0.25, 0.3) is 0 Å². The molecule has 2 aromatic carbocycles. The largest absolute Gasteiger partial charge is 0.386 e. The summed E-state index contributed by atoms with van der Waals surface area (Å²) in [6, 6.07) is 12.9. The van der Waals surface area contributed by atoms with Crippen molar-refractivity contribution < 1.29 is 14.3 Å². The quantitative estimate of drug-likeness (QED) is 0.515. The number of aliphatic hydroxyl groups is 1. The standard InChI is InChI=1S/C21H23FN4O2S/c1-13-3-5-16(6-4-13)20-24-25-21(29)26(20)12-11-18(27)23-14(2)19(28)15-7-9-17(22)10-8-15/h3-10,14,19,28H,11-12H2,1-2H3,(H,23,27)(H,25,29)/t14-,19+/m0/s1. The Morgan fingerprint density at radius 1 is 1.24 bits per heavy atom. The summed E-state index contributed by atoms with van der Waals surface area (Å²) in [6.07, 6.45) is -0.758. The van der Waals surface area contributed by atoms with Crippen LogP contribution in [0, 0.1) is 17.5 Å². The molecule has 0 aliphatic heterocycles. The van der Waals surface area contributed by atoms with Gasteiger partial charge in [0.15, 0.2) is 10.6 Å². The summed E-state index contributed by atoms with van der Waals surface area (Å²) in [5.41, 5.74) is 2.59. The summed E-state index contributed by atoms with van der Waals surface area (Å²) in [7, 11) is 0. The maximum Gasteiger partial charge on any atom is 0.222 e. The van der Waals surface area contributed by atoms with Gasteiger partial charge in [-0.15, -0.1) is 0 Å². The van der Waals surface area contributed by atoms with E-state index in [0.717, 1.165) is 11.1 Å². The molecule has 1 heterocycles. The molecule has 6 nitrogen and oxygen atoms in total. The van der Waals surface area contributed by atoms with Crippen LogP contribution in [0.25, 0.3) is 11.4 Å². The molecule has 0 fully saturated rings. The van der Waals surface area contributed by atoms with Crippen molar-refractivity contribution in [3.05, 3.63) is 70.2 Å². The lowest BCUT2D eigenvalue weighted by Gasteiger charge is -2.20. The van der Waals surface area contributed by atoms with Gasteiger partial charge in [0.2, 0.25) is 5.91 Å². The van der Waals surface area contributed by atoms with Gasteiger partial charge in [-0.1, -0.05) is 42.0 Å². The average molecular weight is 415 g/mol. The third-order valence-corrected chi connectivity index (χ3v) is 5.02. The third-order valence-electron chi connectivity index (χ3n) is 4.70. The first kappa shape index (κ1) is 20.9. The molecule has 0 saturated heterocycles. The van der Waals surface area contributed by atoms with Gasteiger partial charge in [-0.25, -0.2) is 4.39 Å². The smallest absolute Gasteiger partial charge is 0.222 e. The van der Waals surface area contributed by atoms with Gasteiger partial charge in [0.05, 0.1) is 12.1 Å². The number of H-pyrrole nitrogens is 1. The highest BCUT2D eigenvalue weighted by molar-refractivity contribution is 7.71. The predicted molar refractivity (Wildman–Crippen MR) is 111 cm³/mol. The van der Waals surface area contributed by atoms with E-state index in [1.807, 2.05) is 31.2 Å². The van der Waals surface area contributed by atoms with Crippen LogP contribution in [0.4, 0.5) is 4.39 Å². The summed E-state index contributed by atoms with van der Waals surface area (Å²) in [4.78, 5) is 12.4. The number of aromatic amines is 1. The van der Waals surface area contributed by atoms with E-state index in [-0.39, 0.29) is 18.1 Å². The number of nitrogens with zero attached hydrogens (tertiary/aromatic N) is 2. The fraction of sp³-hybridized carbons (Fsp3) is 0.286. The number of rotatable bonds is 7. The van der Waals surface area contributed by atoms with Crippen LogP contribution in [0.3, 0.4) is 0 Å². The molecule has 0 aliphatic rings. The van der Waals surface area contributed by atoms with Crippen LogP contribution in [0.15, 0.2) is 48.5 Å². The Kier molecular flexibility index (Phi) is 6.56. The summed E-state index contributed by atoms with van der Waals surface area (Å²) >= 11 is 5.30. The van der Waals surface area contributed by atoms with E-state index in [4.69, 9.17) is 12.2 Å². The van der Waals surface area contributed by atoms with Gasteiger partial charge in [-0.2, -0.15) is 5.10 Å². The molecule has 3 N–H and O–H groups in total. The molecule has 8 heteroatoms. The Labute approximate surface area is 173 Å². The van der Waals surface area contributed by atoms with Gasteiger partial charge in [0, 0.05) is 18.5 Å². The van der Waals surface area contributed by atoms with E-state index in [1.165, 1.54) is 24.3 Å². The molecule has 3 aromatic rings. The summed E-state index contributed by atoms with van der Waals surface area (Å²) in [5.74, 6) is 0.0673. The van der Waals surface area contributed by atoms with Gasteiger partial charge >= 0.3 is 0 Å². The Bertz CT molecular complexity index is 1030. The molecule has 0 radical (unpaired) electrons. The number of carbonyl (C=O) groups is 1. The number of aromatic nitrogens is 3. The zero-order valence-corrected chi connectivity index (χ0v) is 17.0. The highest BCUT2D eigenvalue weighted by Crippen LogP contribution is 2.19. The number of benzene rings is 2. The summed E-state index contributed by atoms with van der Waals surface area (Å²) in [6.45, 7) is 4.06. The minimum atomic E-state index is -0.932. The first-order chi connectivity index (χ1) is 13.8. The molecule has 0 spiro atoms. The molecule has 0 unspecified atom stereocenters. The van der Waals surface area contributed by atoms with Gasteiger partial charge in [-0.3, -0.25) is 14.5 Å². The van der Waals surface area contributed by atoms with Crippen LogP contribution in [-0.2, 0) is 11.3 Å². The highest BCUT2D eigenvalue weighted by Gasteiger charge is 2.19. The Morgan fingerprint density at radius 2 is 1.90 bits per heavy atom. The highest BCUT2D eigenvalue weighted by atomic mass is 32.1. The van der Waals surface area contributed by atoms with E-state index in [2.05, 4.69) is 15.5 Å². The molecule has 2 atom stereocenters. The van der Waals surface area contributed by atoms with E-state index >= 15 is 0 Å². The third kappa shape index (κ3) is 5.16. The Hall–Kier alpha value is -2.84. The lowest BCUT2D eigenvalue weighted by molar-refractivity contribution is -0.122. The van der Waals surface area contributed by atoms with Crippen LogP contribution < -0.4 is 5.32 Å². The fourth-order valence-electron chi connectivity index (χ4n) is 3.02. The second-order valence-electron chi connectivity index (χ2n) is 6.97. The summed E-state index contributed by atoms with van der Waals surface area (Å²) < 4.78 is 15.3. The SMILES string of the molecule is Cc1ccc(-c2n[nH]c(=S)n2CCC(=O)N[C@@H](C)[C@@H](O)c2ccc(F)cc2)cc1. The van der Waals surface area contributed by atoms with E-state index in [9.17, 15) is 14.3 Å². The topological polar surface area (TPSA) is 82.9 Å². The number of hydrogen-bond acceptors (Lipinski definition) is 4. The molecule has 0 aliphatic carbocycles. The molecule has 1 aromatic heterocycles. The predicted octanol–water partition coefficient (Wildman–Crippen LogP) is 3.68. The van der Waals surface area contributed by atoms with Crippen molar-refractivity contribution in [1.29, 1.82) is 0 Å². The zero-order valence-electron chi connectivity index (χ0n) is 16.2. The first-order valence-corrected chi connectivity index (χ1v) is 9.71. The van der Waals surface area contributed by atoms with Crippen molar-refractivity contribution in [3.8, 4) is 11.4 Å². The number of hydrogen-bond donors (Lipinski definition) is 3. The van der Waals surface area contributed by atoms with Crippen molar-refractivity contribution in [3.63, 3.8) is 0 Å². The van der Waals surface area contributed by atoms with Gasteiger partial charge in [-0.05, 0) is 43.8 Å². The van der Waals surface area contributed by atoms with Crippen LogP contribution in [-0.4, -0.2) is 31.8 Å². The van der Waals surface area contributed by atoms with Crippen molar-refractivity contribution >= 4 is 18.1 Å². The molecule has 29 heavy (non-hydrogen) atoms. The molecule has 3 rings (SSSR count). The van der Waals surface area contributed by atoms with E-state index in [1.54, 1.807) is 11.5 Å². The Balaban J connectivity index is 1.62. The van der Waals surface area contributed by atoms with Crippen molar-refractivity contribution in [1.82, 2.24) is 20.1 Å². The zero-order chi connectivity index (χ0) is 21.0. The molecule has 1 amide bonds. The van der Waals surface area contributed by atoms with Crippen molar-refractivity contribution in [2.45, 2.75) is 39.0 Å². The second-order valence-corrected chi connectivity index (χ2v) is 7.36. The molecular weight excluding hydrogens is 391 g/mol. The molecule has 0 saturated carbocycles. The normalized spacial score (nSPS) is 13.1. The second kappa shape index (κ2) is 9.11. The number of halogens is 1. The van der Waals surface area contributed by atoms with E-state index < -0.39 is 12.1 Å². The number of nitrogens with one attached hydrogen (secondary N) is 2. The lowest BCUT2D eigenvalue weighted by Crippen LogP contribution is -2.37. The molecule has 152 valence electrons. The molecular formula is C21H23FN4O2S. The number of aliphatic hydroxyl groups excluding tert-OH is 1. The van der Waals surface area contributed by atoms with Crippen molar-refractivity contribution in [2.75, 3.05) is 0 Å². The minimum Gasteiger partial charge on any atom is -0.386 e. The maximum atomic E-state index is 13.0. The molecule has 0 bridgehead atoms. The number of carbonyl (C=O) groups excluding carboxylic acids is 1. The van der Waals surface area contributed by atoms with Gasteiger partial charge in [0.1, 0.15) is 5.82 Å². The number of aryl methyl sites for hydroxylation is 1. The first-order valence-electron chi connectivity index (χ1n) is 9.30. The van der Waals surface area contributed by atoms with E-state index in [0.29, 0.717) is 22.7 Å². The van der Waals surface area contributed by atoms with Crippen LogP contribution >= 0.6 is 12.2 Å². The van der Waals surface area contributed by atoms with Gasteiger partial charge < -0.3 is 10.4 Å². The van der Waals surface area contributed by atoms with Crippen molar-refractivity contribution in [2.24, 2.45) is 0 Å². The summed E-state index contributed by atoms with van der Waals surface area (Å²) in [5, 5.41) is 20.2. The fourth-order valence-corrected chi connectivity index (χ4v) is 3.24. The Morgan fingerprint density at radius 3 is 2.55 bits per heavy atom. The lowest BCUT2D eigenvalue weighted by atomic mass is 10.0. The van der Waals surface area contributed by atoms with Crippen LogP contribution in [0.1, 0.15) is 30.6 Å². The minimum absolute atomic E-state index is 0.174.